The third kappa shape index (κ3) is 3.69. The molecule has 19 heavy (non-hydrogen) atoms. The van der Waals surface area contributed by atoms with Crippen LogP contribution in [0.5, 0.6) is 0 Å². The fourth-order valence-electron chi connectivity index (χ4n) is 3.27. The summed E-state index contributed by atoms with van der Waals surface area (Å²) in [6.45, 7) is 3.02. The van der Waals surface area contributed by atoms with E-state index < -0.39 is 0 Å². The van der Waals surface area contributed by atoms with E-state index in [1.807, 2.05) is 0 Å². The Morgan fingerprint density at radius 2 is 2.11 bits per heavy atom. The SMILES string of the molecule is CCCCCCCC(=O)NC1C(N)C2CCCOC21. The Morgan fingerprint density at radius 1 is 1.32 bits per heavy atom. The van der Waals surface area contributed by atoms with Crippen molar-refractivity contribution in [2.45, 2.75) is 76.5 Å². The zero-order valence-electron chi connectivity index (χ0n) is 12.1. The zero-order chi connectivity index (χ0) is 13.7. The van der Waals surface area contributed by atoms with E-state index in [2.05, 4.69) is 12.2 Å². The van der Waals surface area contributed by atoms with Gasteiger partial charge in [0.05, 0.1) is 12.1 Å². The van der Waals surface area contributed by atoms with Crippen LogP contribution >= 0.6 is 0 Å². The van der Waals surface area contributed by atoms with Crippen LogP contribution in [0.3, 0.4) is 0 Å². The number of hydrogen-bond donors (Lipinski definition) is 2. The number of rotatable bonds is 7. The van der Waals surface area contributed by atoms with Gasteiger partial charge in [-0.2, -0.15) is 0 Å². The first-order chi connectivity index (χ1) is 9.24. The van der Waals surface area contributed by atoms with Gasteiger partial charge in [-0.1, -0.05) is 32.6 Å². The summed E-state index contributed by atoms with van der Waals surface area (Å²) < 4.78 is 5.72. The van der Waals surface area contributed by atoms with Crippen molar-refractivity contribution in [3.05, 3.63) is 0 Å². The number of hydrogen-bond acceptors (Lipinski definition) is 3. The van der Waals surface area contributed by atoms with Gasteiger partial charge in [0, 0.05) is 25.0 Å². The van der Waals surface area contributed by atoms with Crippen molar-refractivity contribution in [1.29, 1.82) is 0 Å². The third-order valence-electron chi connectivity index (χ3n) is 4.51. The summed E-state index contributed by atoms with van der Waals surface area (Å²) in [5.41, 5.74) is 6.13. The van der Waals surface area contributed by atoms with E-state index in [1.165, 1.54) is 19.3 Å². The molecule has 2 fully saturated rings. The molecule has 4 atom stereocenters. The van der Waals surface area contributed by atoms with Gasteiger partial charge in [0.15, 0.2) is 0 Å². The number of amides is 1. The molecule has 4 nitrogen and oxygen atoms in total. The first-order valence-corrected chi connectivity index (χ1v) is 7.90. The Balaban J connectivity index is 1.62. The van der Waals surface area contributed by atoms with Crippen LogP contribution in [0.1, 0.15) is 58.3 Å². The molecule has 1 saturated carbocycles. The van der Waals surface area contributed by atoms with Gasteiger partial charge in [-0.15, -0.1) is 0 Å². The van der Waals surface area contributed by atoms with Crippen molar-refractivity contribution >= 4 is 5.91 Å². The lowest BCUT2D eigenvalue weighted by Gasteiger charge is -2.52. The van der Waals surface area contributed by atoms with Gasteiger partial charge in [-0.3, -0.25) is 4.79 Å². The zero-order valence-corrected chi connectivity index (χ0v) is 12.1. The number of fused-ring (bicyclic) bond motifs is 1. The number of carbonyl (C=O) groups excluding carboxylic acids is 1. The molecule has 0 aromatic rings. The van der Waals surface area contributed by atoms with Crippen molar-refractivity contribution in [1.82, 2.24) is 5.32 Å². The van der Waals surface area contributed by atoms with Gasteiger partial charge in [0.1, 0.15) is 0 Å². The molecular formula is C15H28N2O2. The molecule has 1 aliphatic carbocycles. The molecule has 1 heterocycles. The fourth-order valence-corrected chi connectivity index (χ4v) is 3.27. The van der Waals surface area contributed by atoms with E-state index in [4.69, 9.17) is 10.5 Å². The Bertz CT molecular complexity index is 296. The van der Waals surface area contributed by atoms with Crippen molar-refractivity contribution < 1.29 is 9.53 Å². The van der Waals surface area contributed by atoms with Gasteiger partial charge < -0.3 is 15.8 Å². The van der Waals surface area contributed by atoms with Crippen LogP contribution in [0.2, 0.25) is 0 Å². The van der Waals surface area contributed by atoms with Crippen LogP contribution in [0.4, 0.5) is 0 Å². The highest BCUT2D eigenvalue weighted by molar-refractivity contribution is 5.76. The minimum Gasteiger partial charge on any atom is -0.376 e. The molecule has 0 aromatic heterocycles. The van der Waals surface area contributed by atoms with E-state index in [9.17, 15) is 4.79 Å². The number of nitrogens with one attached hydrogen (secondary N) is 1. The Kier molecular flexibility index (Phi) is 5.64. The smallest absolute Gasteiger partial charge is 0.220 e. The number of unbranched alkanes of at least 4 members (excludes halogenated alkanes) is 4. The van der Waals surface area contributed by atoms with Crippen LogP contribution < -0.4 is 11.1 Å². The summed E-state index contributed by atoms with van der Waals surface area (Å²) in [5, 5.41) is 3.07. The van der Waals surface area contributed by atoms with Crippen molar-refractivity contribution in [3.8, 4) is 0 Å². The maximum Gasteiger partial charge on any atom is 0.220 e. The minimum atomic E-state index is 0.0495. The predicted molar refractivity (Wildman–Crippen MR) is 75.7 cm³/mol. The molecule has 2 aliphatic rings. The fraction of sp³-hybridized carbons (Fsp3) is 0.933. The van der Waals surface area contributed by atoms with Crippen molar-refractivity contribution in [2.24, 2.45) is 11.7 Å². The molecule has 1 saturated heterocycles. The van der Waals surface area contributed by atoms with E-state index in [0.29, 0.717) is 12.3 Å². The summed E-state index contributed by atoms with van der Waals surface area (Å²) in [6.07, 6.45) is 8.94. The number of nitrogens with two attached hydrogens (primary N) is 1. The quantitative estimate of drug-likeness (QED) is 0.694. The van der Waals surface area contributed by atoms with E-state index in [-0.39, 0.29) is 24.1 Å². The maximum absolute atomic E-state index is 11.9. The van der Waals surface area contributed by atoms with Crippen molar-refractivity contribution in [3.63, 3.8) is 0 Å². The molecule has 4 heteroatoms. The van der Waals surface area contributed by atoms with E-state index >= 15 is 0 Å². The standard InChI is InChI=1S/C15H28N2O2/c1-2-3-4-5-6-9-12(18)17-14-13(16)11-8-7-10-19-15(11)14/h11,13-15H,2-10,16H2,1H3,(H,17,18). The molecule has 4 unspecified atom stereocenters. The van der Waals surface area contributed by atoms with E-state index in [1.54, 1.807) is 0 Å². The Morgan fingerprint density at radius 3 is 2.89 bits per heavy atom. The maximum atomic E-state index is 11.9. The average molecular weight is 268 g/mol. The summed E-state index contributed by atoms with van der Waals surface area (Å²) in [5.74, 6) is 0.605. The summed E-state index contributed by atoms with van der Waals surface area (Å²) in [4.78, 5) is 11.9. The number of carbonyl (C=O) groups is 1. The molecule has 110 valence electrons. The lowest BCUT2D eigenvalue weighted by Crippen LogP contribution is -2.72. The van der Waals surface area contributed by atoms with Gasteiger partial charge in [-0.25, -0.2) is 0 Å². The second-order valence-corrected chi connectivity index (χ2v) is 5.98. The van der Waals surface area contributed by atoms with Gasteiger partial charge in [-0.05, 0) is 19.3 Å². The second kappa shape index (κ2) is 7.25. The normalized spacial score (nSPS) is 33.4. The van der Waals surface area contributed by atoms with Gasteiger partial charge in [0.2, 0.25) is 5.91 Å². The Labute approximate surface area is 116 Å². The first kappa shape index (κ1) is 14.8. The van der Waals surface area contributed by atoms with Crippen LogP contribution in [-0.2, 0) is 9.53 Å². The molecule has 0 bridgehead atoms. The highest BCUT2D eigenvalue weighted by atomic mass is 16.5. The van der Waals surface area contributed by atoms with Gasteiger partial charge >= 0.3 is 0 Å². The van der Waals surface area contributed by atoms with Crippen LogP contribution in [0.25, 0.3) is 0 Å². The number of ether oxygens (including phenoxy) is 1. The molecule has 3 N–H and O–H groups in total. The molecule has 0 radical (unpaired) electrons. The monoisotopic (exact) mass is 268 g/mol. The summed E-state index contributed by atoms with van der Waals surface area (Å²) in [7, 11) is 0. The largest absolute Gasteiger partial charge is 0.376 e. The van der Waals surface area contributed by atoms with E-state index in [0.717, 1.165) is 32.3 Å². The first-order valence-electron chi connectivity index (χ1n) is 7.90. The average Bonchev–Trinajstić information content (AvgIpc) is 2.44. The third-order valence-corrected chi connectivity index (χ3v) is 4.51. The highest BCUT2D eigenvalue weighted by Gasteiger charge is 2.50. The predicted octanol–water partition coefficient (Wildman–Crippen LogP) is 1.97. The molecule has 0 aromatic carbocycles. The Hall–Kier alpha value is -0.610. The van der Waals surface area contributed by atoms with Gasteiger partial charge in [0.25, 0.3) is 0 Å². The van der Waals surface area contributed by atoms with Crippen LogP contribution in [0.15, 0.2) is 0 Å². The molecule has 0 spiro atoms. The van der Waals surface area contributed by atoms with Crippen LogP contribution in [-0.4, -0.2) is 30.7 Å². The summed E-state index contributed by atoms with van der Waals surface area (Å²) in [6, 6.07) is 0.141. The summed E-state index contributed by atoms with van der Waals surface area (Å²) >= 11 is 0. The molecule has 2 rings (SSSR count). The molecule has 1 aliphatic heterocycles. The lowest BCUT2D eigenvalue weighted by atomic mass is 9.68. The lowest BCUT2D eigenvalue weighted by molar-refractivity contribution is -0.139. The van der Waals surface area contributed by atoms with Crippen LogP contribution in [0, 0.1) is 5.92 Å². The molecular weight excluding hydrogens is 240 g/mol. The molecule has 1 amide bonds. The second-order valence-electron chi connectivity index (χ2n) is 5.98. The topological polar surface area (TPSA) is 64.4 Å². The highest BCUT2D eigenvalue weighted by Crippen LogP contribution is 2.36. The minimum absolute atomic E-state index is 0.0495. The van der Waals surface area contributed by atoms with Crippen molar-refractivity contribution in [2.75, 3.05) is 6.61 Å².